The van der Waals surface area contributed by atoms with Crippen molar-refractivity contribution in [2.24, 2.45) is 0 Å². The Morgan fingerprint density at radius 3 is 2.26 bits per heavy atom. The van der Waals surface area contributed by atoms with E-state index in [2.05, 4.69) is 38.2 Å². The lowest BCUT2D eigenvalue weighted by atomic mass is 10.1. The van der Waals surface area contributed by atoms with Crippen molar-refractivity contribution >= 4 is 12.4 Å². The molecule has 0 saturated carbocycles. The molecule has 0 spiro atoms. The highest BCUT2D eigenvalue weighted by Gasteiger charge is 2.13. The summed E-state index contributed by atoms with van der Waals surface area (Å²) in [5.74, 6) is 0.795. The fourth-order valence-electron chi connectivity index (χ4n) is 2.12. The SMILES string of the molecule is CC(C)(C)NC[C@@H](O)COc1ccccc1-c1ccccc1.Cl. The van der Waals surface area contributed by atoms with Gasteiger partial charge in [-0.2, -0.15) is 0 Å². The van der Waals surface area contributed by atoms with E-state index in [4.69, 9.17) is 4.74 Å². The standard InChI is InChI=1S/C19H25NO2.ClH/c1-19(2,3)20-13-16(21)14-22-18-12-8-7-11-17(18)15-9-5-4-6-10-15;/h4-12,16,20-21H,13-14H2,1-3H3;1H/t16-;/m1./s1. The van der Waals surface area contributed by atoms with Crippen LogP contribution in [0.15, 0.2) is 54.6 Å². The minimum absolute atomic E-state index is 0. The van der Waals surface area contributed by atoms with Crippen LogP contribution >= 0.6 is 12.4 Å². The van der Waals surface area contributed by atoms with Gasteiger partial charge in [-0.25, -0.2) is 0 Å². The van der Waals surface area contributed by atoms with Gasteiger partial charge in [-0.15, -0.1) is 12.4 Å². The van der Waals surface area contributed by atoms with Crippen molar-refractivity contribution in [3.8, 4) is 16.9 Å². The maximum Gasteiger partial charge on any atom is 0.127 e. The van der Waals surface area contributed by atoms with Gasteiger partial charge < -0.3 is 15.2 Å². The Kier molecular flexibility index (Phi) is 7.56. The number of para-hydroxylation sites is 1. The average molecular weight is 336 g/mol. The third kappa shape index (κ3) is 6.61. The van der Waals surface area contributed by atoms with Crippen LogP contribution in [0.4, 0.5) is 0 Å². The van der Waals surface area contributed by atoms with Crippen LogP contribution in [0.25, 0.3) is 11.1 Å². The van der Waals surface area contributed by atoms with Crippen molar-refractivity contribution in [2.75, 3.05) is 13.2 Å². The molecule has 0 radical (unpaired) electrons. The van der Waals surface area contributed by atoms with Crippen molar-refractivity contribution in [1.82, 2.24) is 5.32 Å². The van der Waals surface area contributed by atoms with Gasteiger partial charge in [-0.05, 0) is 32.4 Å². The monoisotopic (exact) mass is 335 g/mol. The quantitative estimate of drug-likeness (QED) is 0.841. The Morgan fingerprint density at radius 2 is 1.61 bits per heavy atom. The van der Waals surface area contributed by atoms with Crippen LogP contribution in [0.3, 0.4) is 0 Å². The zero-order chi connectivity index (χ0) is 16.0. The molecule has 0 aliphatic carbocycles. The molecule has 0 aliphatic rings. The molecule has 2 rings (SSSR count). The number of halogens is 1. The Balaban J connectivity index is 0.00000264. The summed E-state index contributed by atoms with van der Waals surface area (Å²) in [7, 11) is 0. The molecule has 2 N–H and O–H groups in total. The number of rotatable bonds is 6. The molecule has 126 valence electrons. The molecular weight excluding hydrogens is 310 g/mol. The zero-order valence-corrected chi connectivity index (χ0v) is 14.8. The van der Waals surface area contributed by atoms with Gasteiger partial charge >= 0.3 is 0 Å². The first kappa shape index (κ1) is 19.5. The molecule has 2 aromatic carbocycles. The largest absolute Gasteiger partial charge is 0.490 e. The highest BCUT2D eigenvalue weighted by atomic mass is 35.5. The average Bonchev–Trinajstić information content (AvgIpc) is 2.51. The molecule has 0 amide bonds. The van der Waals surface area contributed by atoms with Crippen molar-refractivity contribution in [1.29, 1.82) is 0 Å². The van der Waals surface area contributed by atoms with E-state index in [0.29, 0.717) is 6.54 Å². The first-order valence-corrected chi connectivity index (χ1v) is 7.66. The van der Waals surface area contributed by atoms with Gasteiger partial charge in [0, 0.05) is 17.6 Å². The second kappa shape index (κ2) is 8.92. The van der Waals surface area contributed by atoms with Gasteiger partial charge in [0.15, 0.2) is 0 Å². The number of hydrogen-bond donors (Lipinski definition) is 2. The van der Waals surface area contributed by atoms with Gasteiger partial charge in [0.2, 0.25) is 0 Å². The van der Waals surface area contributed by atoms with E-state index in [-0.39, 0.29) is 24.6 Å². The van der Waals surface area contributed by atoms with E-state index >= 15 is 0 Å². The Labute approximate surface area is 145 Å². The number of benzene rings is 2. The molecular formula is C19H26ClNO2. The van der Waals surface area contributed by atoms with Crippen LogP contribution in [0, 0.1) is 0 Å². The third-order valence-electron chi connectivity index (χ3n) is 3.27. The normalized spacial score (nSPS) is 12.3. The predicted octanol–water partition coefficient (Wildman–Crippen LogP) is 3.90. The number of aliphatic hydroxyl groups excluding tert-OH is 1. The number of nitrogens with one attached hydrogen (secondary N) is 1. The van der Waals surface area contributed by atoms with E-state index < -0.39 is 6.10 Å². The van der Waals surface area contributed by atoms with E-state index in [0.717, 1.165) is 16.9 Å². The molecule has 4 heteroatoms. The molecule has 3 nitrogen and oxygen atoms in total. The molecule has 23 heavy (non-hydrogen) atoms. The molecule has 0 aromatic heterocycles. The van der Waals surface area contributed by atoms with Crippen LogP contribution in [-0.2, 0) is 0 Å². The smallest absolute Gasteiger partial charge is 0.127 e. The molecule has 0 unspecified atom stereocenters. The molecule has 0 saturated heterocycles. The fraction of sp³-hybridized carbons (Fsp3) is 0.368. The van der Waals surface area contributed by atoms with Crippen molar-refractivity contribution < 1.29 is 9.84 Å². The van der Waals surface area contributed by atoms with Crippen LogP contribution in [0.1, 0.15) is 20.8 Å². The highest BCUT2D eigenvalue weighted by molar-refractivity contribution is 5.85. The fourth-order valence-corrected chi connectivity index (χ4v) is 2.12. The van der Waals surface area contributed by atoms with Crippen LogP contribution < -0.4 is 10.1 Å². The first-order chi connectivity index (χ1) is 10.5. The Bertz CT molecular complexity index is 581. The lowest BCUT2D eigenvalue weighted by molar-refractivity contribution is 0.100. The second-order valence-electron chi connectivity index (χ2n) is 6.46. The maximum atomic E-state index is 10.0. The van der Waals surface area contributed by atoms with Crippen molar-refractivity contribution in [3.63, 3.8) is 0 Å². The summed E-state index contributed by atoms with van der Waals surface area (Å²) < 4.78 is 5.83. The molecule has 0 heterocycles. The number of β-amino-alcohol motifs (C(OH)–C–C–N with tert-alkyl or cyclic N) is 1. The van der Waals surface area contributed by atoms with Gasteiger partial charge in [0.05, 0.1) is 0 Å². The molecule has 0 fully saturated rings. The molecule has 2 aromatic rings. The summed E-state index contributed by atoms with van der Waals surface area (Å²) in [6.45, 7) is 7.01. The highest BCUT2D eigenvalue weighted by Crippen LogP contribution is 2.29. The van der Waals surface area contributed by atoms with Gasteiger partial charge in [-0.1, -0.05) is 48.5 Å². The summed E-state index contributed by atoms with van der Waals surface area (Å²) in [5.41, 5.74) is 2.14. The van der Waals surface area contributed by atoms with Crippen LogP contribution in [0.5, 0.6) is 5.75 Å². The first-order valence-electron chi connectivity index (χ1n) is 7.66. The van der Waals surface area contributed by atoms with Gasteiger partial charge in [0.1, 0.15) is 18.5 Å². The van der Waals surface area contributed by atoms with Crippen LogP contribution in [0.2, 0.25) is 0 Å². The lowest BCUT2D eigenvalue weighted by Crippen LogP contribution is -2.42. The number of hydrogen-bond acceptors (Lipinski definition) is 3. The van der Waals surface area contributed by atoms with Crippen molar-refractivity contribution in [2.45, 2.75) is 32.4 Å². The number of ether oxygens (including phenoxy) is 1. The maximum absolute atomic E-state index is 10.0. The van der Waals surface area contributed by atoms with Gasteiger partial charge in [-0.3, -0.25) is 0 Å². The minimum Gasteiger partial charge on any atom is -0.490 e. The topological polar surface area (TPSA) is 41.5 Å². The summed E-state index contributed by atoms with van der Waals surface area (Å²) >= 11 is 0. The summed E-state index contributed by atoms with van der Waals surface area (Å²) in [6.07, 6.45) is -0.539. The summed E-state index contributed by atoms with van der Waals surface area (Å²) in [5, 5.41) is 13.3. The summed E-state index contributed by atoms with van der Waals surface area (Å²) in [6, 6.07) is 18.0. The predicted molar refractivity (Wildman–Crippen MR) is 98.4 cm³/mol. The molecule has 1 atom stereocenters. The lowest BCUT2D eigenvalue weighted by Gasteiger charge is -2.23. The minimum atomic E-state index is -0.539. The summed E-state index contributed by atoms with van der Waals surface area (Å²) in [4.78, 5) is 0. The Hall–Kier alpha value is -1.55. The van der Waals surface area contributed by atoms with E-state index in [1.54, 1.807) is 0 Å². The molecule has 0 aliphatic heterocycles. The van der Waals surface area contributed by atoms with Crippen molar-refractivity contribution in [3.05, 3.63) is 54.6 Å². The second-order valence-corrected chi connectivity index (χ2v) is 6.46. The van der Waals surface area contributed by atoms with Gasteiger partial charge in [0.25, 0.3) is 0 Å². The Morgan fingerprint density at radius 1 is 1.00 bits per heavy atom. The zero-order valence-electron chi connectivity index (χ0n) is 14.0. The van der Waals surface area contributed by atoms with E-state index in [1.807, 2.05) is 42.5 Å². The van der Waals surface area contributed by atoms with E-state index in [9.17, 15) is 5.11 Å². The van der Waals surface area contributed by atoms with Crippen LogP contribution in [-0.4, -0.2) is 29.9 Å². The van der Waals surface area contributed by atoms with E-state index in [1.165, 1.54) is 0 Å². The number of aliphatic hydroxyl groups is 1. The third-order valence-corrected chi connectivity index (χ3v) is 3.27. The molecule has 0 bridgehead atoms.